The number of aromatic nitrogens is 1. The molecule has 0 radical (unpaired) electrons. The summed E-state index contributed by atoms with van der Waals surface area (Å²) in [5.41, 5.74) is 5.67. The van der Waals surface area contributed by atoms with E-state index in [-0.39, 0.29) is 0 Å². The number of hydrogen-bond donors (Lipinski definition) is 0. The second-order valence-corrected chi connectivity index (χ2v) is 5.03. The van der Waals surface area contributed by atoms with Crippen molar-refractivity contribution in [1.29, 1.82) is 0 Å². The molecule has 92 valence electrons. The summed E-state index contributed by atoms with van der Waals surface area (Å²) in [7, 11) is 0. The van der Waals surface area contributed by atoms with Crippen LogP contribution in [0.15, 0.2) is 42.7 Å². The first-order valence-corrected chi connectivity index (χ1v) is 6.51. The summed E-state index contributed by atoms with van der Waals surface area (Å²) in [4.78, 5) is 6.73. The van der Waals surface area contributed by atoms with Gasteiger partial charge >= 0.3 is 0 Å². The molecule has 0 saturated carbocycles. The molecule has 0 unspecified atom stereocenters. The highest BCUT2D eigenvalue weighted by Crippen LogP contribution is 2.20. The number of aryl methyl sites for hydroxylation is 1. The Balaban J connectivity index is 1.75. The first kappa shape index (κ1) is 11.4. The maximum atomic E-state index is 4.23. The fraction of sp³-hybridized carbons (Fsp3) is 0.312. The van der Waals surface area contributed by atoms with Crippen LogP contribution in [0, 0.1) is 6.92 Å². The van der Waals surface area contributed by atoms with Gasteiger partial charge in [0, 0.05) is 32.0 Å². The molecule has 1 aromatic heterocycles. The van der Waals surface area contributed by atoms with Crippen LogP contribution in [0.25, 0.3) is 0 Å². The molecule has 0 spiro atoms. The number of pyridine rings is 1. The van der Waals surface area contributed by atoms with Crippen molar-refractivity contribution in [3.8, 4) is 0 Å². The molecule has 2 nitrogen and oxygen atoms in total. The molecule has 2 heteroatoms. The van der Waals surface area contributed by atoms with E-state index in [0.717, 1.165) is 26.1 Å². The smallest absolute Gasteiger partial charge is 0.0315 e. The van der Waals surface area contributed by atoms with Gasteiger partial charge in [-0.3, -0.25) is 9.88 Å². The number of rotatable bonds is 2. The van der Waals surface area contributed by atoms with Gasteiger partial charge in [-0.05, 0) is 41.7 Å². The monoisotopic (exact) mass is 238 g/mol. The van der Waals surface area contributed by atoms with Gasteiger partial charge < -0.3 is 0 Å². The fourth-order valence-corrected chi connectivity index (χ4v) is 2.59. The third-order valence-corrected chi connectivity index (χ3v) is 3.75. The van der Waals surface area contributed by atoms with E-state index in [1.807, 2.05) is 12.4 Å². The molecule has 0 atom stereocenters. The van der Waals surface area contributed by atoms with E-state index in [4.69, 9.17) is 0 Å². The zero-order valence-corrected chi connectivity index (χ0v) is 10.8. The Labute approximate surface area is 108 Å². The van der Waals surface area contributed by atoms with Crippen LogP contribution in [-0.4, -0.2) is 16.4 Å². The van der Waals surface area contributed by atoms with Crippen molar-refractivity contribution >= 4 is 0 Å². The molecule has 0 aliphatic carbocycles. The van der Waals surface area contributed by atoms with Crippen molar-refractivity contribution in [3.05, 3.63) is 65.0 Å². The van der Waals surface area contributed by atoms with Gasteiger partial charge in [-0.1, -0.05) is 24.3 Å². The van der Waals surface area contributed by atoms with Crippen LogP contribution < -0.4 is 0 Å². The molecule has 1 aliphatic rings. The van der Waals surface area contributed by atoms with Crippen LogP contribution in [0.5, 0.6) is 0 Å². The standard InChI is InChI=1S/C16H18N2/c1-13-6-8-17-10-16(13)12-18-9-7-14-4-2-3-5-15(14)11-18/h2-6,8,10H,7,9,11-12H2,1H3. The first-order valence-electron chi connectivity index (χ1n) is 6.51. The second-order valence-electron chi connectivity index (χ2n) is 5.03. The summed E-state index contributed by atoms with van der Waals surface area (Å²) >= 11 is 0. The molecule has 0 amide bonds. The lowest BCUT2D eigenvalue weighted by molar-refractivity contribution is 0.245. The Kier molecular flexibility index (Phi) is 3.11. The zero-order chi connectivity index (χ0) is 12.4. The van der Waals surface area contributed by atoms with Crippen LogP contribution in [-0.2, 0) is 19.5 Å². The minimum Gasteiger partial charge on any atom is -0.294 e. The van der Waals surface area contributed by atoms with Gasteiger partial charge in [0.2, 0.25) is 0 Å². The third kappa shape index (κ3) is 2.29. The predicted octanol–water partition coefficient (Wildman–Crippen LogP) is 2.95. The van der Waals surface area contributed by atoms with E-state index in [1.165, 1.54) is 22.3 Å². The quantitative estimate of drug-likeness (QED) is 0.799. The summed E-state index contributed by atoms with van der Waals surface area (Å²) in [5.74, 6) is 0. The van der Waals surface area contributed by atoms with Gasteiger partial charge in [-0.2, -0.15) is 0 Å². The van der Waals surface area contributed by atoms with Gasteiger partial charge in [0.1, 0.15) is 0 Å². The number of fused-ring (bicyclic) bond motifs is 1. The van der Waals surface area contributed by atoms with Gasteiger partial charge in [-0.25, -0.2) is 0 Å². The average Bonchev–Trinajstić information content (AvgIpc) is 2.41. The highest BCUT2D eigenvalue weighted by atomic mass is 15.1. The SMILES string of the molecule is Cc1ccncc1CN1CCc2ccccc2C1. The summed E-state index contributed by atoms with van der Waals surface area (Å²) in [6, 6.07) is 10.9. The molecule has 1 aromatic carbocycles. The lowest BCUT2D eigenvalue weighted by Gasteiger charge is -2.29. The van der Waals surface area contributed by atoms with Crippen LogP contribution in [0.3, 0.4) is 0 Å². The Morgan fingerprint density at radius 1 is 1.17 bits per heavy atom. The molecular formula is C16H18N2. The van der Waals surface area contributed by atoms with E-state index in [9.17, 15) is 0 Å². The predicted molar refractivity (Wildman–Crippen MR) is 73.2 cm³/mol. The maximum absolute atomic E-state index is 4.23. The summed E-state index contributed by atoms with van der Waals surface area (Å²) in [5, 5.41) is 0. The van der Waals surface area contributed by atoms with Crippen molar-refractivity contribution in [2.45, 2.75) is 26.4 Å². The number of hydrogen-bond acceptors (Lipinski definition) is 2. The van der Waals surface area contributed by atoms with E-state index in [0.29, 0.717) is 0 Å². The van der Waals surface area contributed by atoms with Crippen molar-refractivity contribution in [2.24, 2.45) is 0 Å². The van der Waals surface area contributed by atoms with Crippen LogP contribution in [0.2, 0.25) is 0 Å². The lowest BCUT2D eigenvalue weighted by Crippen LogP contribution is -2.30. The summed E-state index contributed by atoms with van der Waals surface area (Å²) in [6.45, 7) is 5.37. The summed E-state index contributed by atoms with van der Waals surface area (Å²) < 4.78 is 0. The highest BCUT2D eigenvalue weighted by molar-refractivity contribution is 5.29. The van der Waals surface area contributed by atoms with E-state index < -0.39 is 0 Å². The van der Waals surface area contributed by atoms with Gasteiger partial charge in [0.05, 0.1) is 0 Å². The molecule has 2 aromatic rings. The Bertz CT molecular complexity index is 548. The molecule has 2 heterocycles. The number of benzene rings is 1. The molecule has 0 N–H and O–H groups in total. The van der Waals surface area contributed by atoms with Crippen LogP contribution in [0.4, 0.5) is 0 Å². The summed E-state index contributed by atoms with van der Waals surface area (Å²) in [6.07, 6.45) is 5.02. The van der Waals surface area contributed by atoms with E-state index in [1.54, 1.807) is 0 Å². The van der Waals surface area contributed by atoms with Gasteiger partial charge in [0.15, 0.2) is 0 Å². The molecule has 1 aliphatic heterocycles. The second kappa shape index (κ2) is 4.91. The van der Waals surface area contributed by atoms with Crippen molar-refractivity contribution < 1.29 is 0 Å². The van der Waals surface area contributed by atoms with Crippen molar-refractivity contribution in [1.82, 2.24) is 9.88 Å². The first-order chi connectivity index (χ1) is 8.83. The van der Waals surface area contributed by atoms with Crippen molar-refractivity contribution in [3.63, 3.8) is 0 Å². The van der Waals surface area contributed by atoms with Crippen LogP contribution >= 0.6 is 0 Å². The minimum atomic E-state index is 1.01. The average molecular weight is 238 g/mol. The van der Waals surface area contributed by atoms with E-state index in [2.05, 4.69) is 47.1 Å². The minimum absolute atomic E-state index is 1.01. The molecular weight excluding hydrogens is 220 g/mol. The molecule has 0 fully saturated rings. The fourth-order valence-electron chi connectivity index (χ4n) is 2.59. The van der Waals surface area contributed by atoms with Crippen molar-refractivity contribution in [2.75, 3.05) is 6.54 Å². The molecule has 0 bridgehead atoms. The number of nitrogens with zero attached hydrogens (tertiary/aromatic N) is 2. The maximum Gasteiger partial charge on any atom is 0.0315 e. The van der Waals surface area contributed by atoms with Crippen LogP contribution in [0.1, 0.15) is 22.3 Å². The molecule has 0 saturated heterocycles. The van der Waals surface area contributed by atoms with Gasteiger partial charge in [-0.15, -0.1) is 0 Å². The topological polar surface area (TPSA) is 16.1 Å². The van der Waals surface area contributed by atoms with E-state index >= 15 is 0 Å². The normalized spacial score (nSPS) is 15.4. The van der Waals surface area contributed by atoms with Gasteiger partial charge in [0.25, 0.3) is 0 Å². The largest absolute Gasteiger partial charge is 0.294 e. The highest BCUT2D eigenvalue weighted by Gasteiger charge is 2.16. The Morgan fingerprint density at radius 3 is 2.83 bits per heavy atom. The molecule has 18 heavy (non-hydrogen) atoms. The third-order valence-electron chi connectivity index (χ3n) is 3.75. The Morgan fingerprint density at radius 2 is 2.00 bits per heavy atom. The molecule has 3 rings (SSSR count). The lowest BCUT2D eigenvalue weighted by atomic mass is 9.99. The Hall–Kier alpha value is -1.67. The zero-order valence-electron chi connectivity index (χ0n) is 10.8.